The van der Waals surface area contributed by atoms with E-state index in [4.69, 9.17) is 14.2 Å². The first-order chi connectivity index (χ1) is 14.3. The molecule has 2 atom stereocenters. The molecule has 0 bridgehead atoms. The number of carbonyl (C=O) groups excluding carboxylic acids is 2. The maximum Gasteiger partial charge on any atom is 0.262 e. The van der Waals surface area contributed by atoms with Gasteiger partial charge in [-0.25, -0.2) is 0 Å². The summed E-state index contributed by atoms with van der Waals surface area (Å²) < 4.78 is 16.9. The largest absolute Gasteiger partial charge is 0.490 e. The summed E-state index contributed by atoms with van der Waals surface area (Å²) in [5.41, 5.74) is 0.599. The molecule has 1 heterocycles. The topological polar surface area (TPSA) is 101 Å². The van der Waals surface area contributed by atoms with Crippen LogP contribution in [-0.2, 0) is 14.3 Å². The van der Waals surface area contributed by atoms with Crippen LogP contribution in [0.3, 0.4) is 0 Å². The van der Waals surface area contributed by atoms with Gasteiger partial charge in [0.25, 0.3) is 11.8 Å². The SMILES string of the molecule is CCOc1cc(/C=C(\C#N)C(=O)NC[C@@H]2CCCO2)ccc1O[C@H](C)C(=O)N(C)C. The number of benzene rings is 1. The van der Waals surface area contributed by atoms with E-state index in [1.54, 1.807) is 39.2 Å². The number of nitrogens with zero attached hydrogens (tertiary/aromatic N) is 2. The van der Waals surface area contributed by atoms with Crippen LogP contribution in [0.25, 0.3) is 6.08 Å². The van der Waals surface area contributed by atoms with Crippen LogP contribution in [0.2, 0.25) is 0 Å². The summed E-state index contributed by atoms with van der Waals surface area (Å²) in [6.45, 7) is 4.98. The molecule has 0 aliphatic carbocycles. The Bertz CT molecular complexity index is 823. The second-order valence-corrected chi connectivity index (χ2v) is 7.15. The lowest BCUT2D eigenvalue weighted by Gasteiger charge is -2.20. The lowest BCUT2D eigenvalue weighted by atomic mass is 10.1. The van der Waals surface area contributed by atoms with Crippen molar-refractivity contribution < 1.29 is 23.8 Å². The summed E-state index contributed by atoms with van der Waals surface area (Å²) in [7, 11) is 3.32. The van der Waals surface area contributed by atoms with Crippen LogP contribution in [-0.4, -0.2) is 62.8 Å². The molecule has 0 spiro atoms. The molecule has 8 heteroatoms. The molecule has 1 N–H and O–H groups in total. The molecule has 1 aliphatic rings. The van der Waals surface area contributed by atoms with Gasteiger partial charge in [0, 0.05) is 27.2 Å². The molecule has 0 aromatic heterocycles. The van der Waals surface area contributed by atoms with Crippen LogP contribution in [0.4, 0.5) is 0 Å². The second-order valence-electron chi connectivity index (χ2n) is 7.15. The Morgan fingerprint density at radius 1 is 1.40 bits per heavy atom. The fourth-order valence-electron chi connectivity index (χ4n) is 3.01. The molecule has 0 radical (unpaired) electrons. The van der Waals surface area contributed by atoms with Gasteiger partial charge in [-0.3, -0.25) is 9.59 Å². The maximum atomic E-state index is 12.3. The summed E-state index contributed by atoms with van der Waals surface area (Å²) in [6.07, 6.45) is 2.70. The van der Waals surface area contributed by atoms with Crippen molar-refractivity contribution in [1.29, 1.82) is 5.26 Å². The van der Waals surface area contributed by atoms with E-state index in [0.717, 1.165) is 12.8 Å². The van der Waals surface area contributed by atoms with Crippen LogP contribution < -0.4 is 14.8 Å². The zero-order valence-electron chi connectivity index (χ0n) is 17.9. The summed E-state index contributed by atoms with van der Waals surface area (Å²) >= 11 is 0. The third-order valence-corrected chi connectivity index (χ3v) is 4.55. The van der Waals surface area contributed by atoms with E-state index in [-0.39, 0.29) is 17.6 Å². The first-order valence-corrected chi connectivity index (χ1v) is 10.0. The van der Waals surface area contributed by atoms with Gasteiger partial charge in [0.15, 0.2) is 17.6 Å². The number of amides is 2. The lowest BCUT2D eigenvalue weighted by molar-refractivity contribution is -0.135. The highest BCUT2D eigenvalue weighted by Gasteiger charge is 2.20. The smallest absolute Gasteiger partial charge is 0.262 e. The van der Waals surface area contributed by atoms with E-state index in [1.165, 1.54) is 11.0 Å². The van der Waals surface area contributed by atoms with Crippen molar-refractivity contribution in [3.63, 3.8) is 0 Å². The van der Waals surface area contributed by atoms with Gasteiger partial charge in [-0.2, -0.15) is 5.26 Å². The predicted octanol–water partition coefficient (Wildman–Crippen LogP) is 2.14. The molecule has 30 heavy (non-hydrogen) atoms. The second kappa shape index (κ2) is 11.2. The molecule has 1 aromatic rings. The Hall–Kier alpha value is -3.05. The van der Waals surface area contributed by atoms with Gasteiger partial charge in [-0.1, -0.05) is 6.07 Å². The number of ether oxygens (including phenoxy) is 3. The van der Waals surface area contributed by atoms with Crippen LogP contribution in [0.5, 0.6) is 11.5 Å². The summed E-state index contributed by atoms with van der Waals surface area (Å²) in [4.78, 5) is 25.9. The van der Waals surface area contributed by atoms with E-state index in [2.05, 4.69) is 5.32 Å². The van der Waals surface area contributed by atoms with Gasteiger partial charge < -0.3 is 24.4 Å². The van der Waals surface area contributed by atoms with Crippen molar-refractivity contribution in [2.75, 3.05) is 33.9 Å². The van der Waals surface area contributed by atoms with Gasteiger partial charge in [0.1, 0.15) is 11.6 Å². The first-order valence-electron chi connectivity index (χ1n) is 10.0. The Labute approximate surface area is 177 Å². The minimum atomic E-state index is -0.682. The van der Waals surface area contributed by atoms with Crippen LogP contribution in [0, 0.1) is 11.3 Å². The Kier molecular flexibility index (Phi) is 8.69. The summed E-state index contributed by atoms with van der Waals surface area (Å²) in [5, 5.41) is 12.1. The zero-order valence-corrected chi connectivity index (χ0v) is 17.9. The molecule has 0 unspecified atom stereocenters. The van der Waals surface area contributed by atoms with Crippen molar-refractivity contribution in [3.8, 4) is 17.6 Å². The number of carbonyl (C=O) groups is 2. The molecule has 1 saturated heterocycles. The molecule has 1 aliphatic heterocycles. The molecular formula is C22H29N3O5. The van der Waals surface area contributed by atoms with Crippen LogP contribution >= 0.6 is 0 Å². The Morgan fingerprint density at radius 3 is 2.77 bits per heavy atom. The van der Waals surface area contributed by atoms with Crippen LogP contribution in [0.1, 0.15) is 32.3 Å². The summed E-state index contributed by atoms with van der Waals surface area (Å²) in [5.74, 6) is 0.229. The molecule has 0 saturated carbocycles. The van der Waals surface area contributed by atoms with Crippen molar-refractivity contribution in [2.45, 2.75) is 38.9 Å². The van der Waals surface area contributed by atoms with Gasteiger partial charge >= 0.3 is 0 Å². The monoisotopic (exact) mass is 415 g/mol. The summed E-state index contributed by atoms with van der Waals surface area (Å²) in [6, 6.07) is 6.98. The fourth-order valence-corrected chi connectivity index (χ4v) is 3.01. The number of nitrogens with one attached hydrogen (secondary N) is 1. The van der Waals surface area contributed by atoms with E-state index < -0.39 is 12.0 Å². The Balaban J connectivity index is 2.15. The average Bonchev–Trinajstić information content (AvgIpc) is 3.25. The molecule has 162 valence electrons. The minimum absolute atomic E-state index is 0.00162. The van der Waals surface area contributed by atoms with Crippen molar-refractivity contribution in [3.05, 3.63) is 29.3 Å². The van der Waals surface area contributed by atoms with Crippen molar-refractivity contribution in [1.82, 2.24) is 10.2 Å². The Morgan fingerprint density at radius 2 is 2.17 bits per heavy atom. The highest BCUT2D eigenvalue weighted by molar-refractivity contribution is 6.01. The first kappa shape index (κ1) is 23.2. The van der Waals surface area contributed by atoms with Crippen LogP contribution in [0.15, 0.2) is 23.8 Å². The standard InChI is InChI=1S/C22H29N3O5/c1-5-28-20-12-16(8-9-19(20)30-15(2)22(27)25(3)4)11-17(13-23)21(26)24-14-18-7-6-10-29-18/h8-9,11-12,15,18H,5-7,10,14H2,1-4H3,(H,24,26)/b17-11+/t15-,18+/m1/s1. The number of nitriles is 1. The third-order valence-electron chi connectivity index (χ3n) is 4.55. The molecule has 1 aromatic carbocycles. The number of hydrogen-bond acceptors (Lipinski definition) is 6. The van der Waals surface area contributed by atoms with E-state index in [1.807, 2.05) is 13.0 Å². The van der Waals surface area contributed by atoms with Crippen molar-refractivity contribution >= 4 is 17.9 Å². The quantitative estimate of drug-likeness (QED) is 0.490. The molecule has 2 rings (SSSR count). The minimum Gasteiger partial charge on any atom is -0.490 e. The normalized spacial score (nSPS) is 17.0. The van der Waals surface area contributed by atoms with Crippen molar-refractivity contribution in [2.24, 2.45) is 0 Å². The molecule has 2 amide bonds. The number of hydrogen-bond donors (Lipinski definition) is 1. The fraction of sp³-hybridized carbons (Fsp3) is 0.500. The van der Waals surface area contributed by atoms with E-state index in [0.29, 0.717) is 36.8 Å². The molecule has 1 fully saturated rings. The van der Waals surface area contributed by atoms with Gasteiger partial charge in [-0.05, 0) is 50.5 Å². The van der Waals surface area contributed by atoms with E-state index in [9.17, 15) is 14.9 Å². The highest BCUT2D eigenvalue weighted by Crippen LogP contribution is 2.30. The van der Waals surface area contributed by atoms with Gasteiger partial charge in [-0.15, -0.1) is 0 Å². The zero-order chi connectivity index (χ0) is 22.1. The molecular weight excluding hydrogens is 386 g/mol. The van der Waals surface area contributed by atoms with Gasteiger partial charge in [0.05, 0.1) is 12.7 Å². The third kappa shape index (κ3) is 6.49. The average molecular weight is 415 g/mol. The van der Waals surface area contributed by atoms with Gasteiger partial charge in [0.2, 0.25) is 0 Å². The van der Waals surface area contributed by atoms with E-state index >= 15 is 0 Å². The lowest BCUT2D eigenvalue weighted by Crippen LogP contribution is -2.35. The number of rotatable bonds is 9. The molecule has 8 nitrogen and oxygen atoms in total. The maximum absolute atomic E-state index is 12.3. The highest BCUT2D eigenvalue weighted by atomic mass is 16.5. The number of likely N-dealkylation sites (N-methyl/N-ethyl adjacent to an activating group) is 1. The predicted molar refractivity (Wildman–Crippen MR) is 112 cm³/mol.